The van der Waals surface area contributed by atoms with Crippen LogP contribution in [0.3, 0.4) is 0 Å². The summed E-state index contributed by atoms with van der Waals surface area (Å²) in [7, 11) is 0. The molecule has 1 atom stereocenters. The minimum Gasteiger partial charge on any atom is -0.376 e. The minimum absolute atomic E-state index is 0.179. The van der Waals surface area contributed by atoms with Crippen molar-refractivity contribution in [1.29, 1.82) is 0 Å². The minimum atomic E-state index is 0.179. The first-order valence-corrected chi connectivity index (χ1v) is 9.45. The molecule has 5 nitrogen and oxygen atoms in total. The Labute approximate surface area is 146 Å². The summed E-state index contributed by atoms with van der Waals surface area (Å²) in [5.74, 6) is 0.179. The molecule has 2 aliphatic heterocycles. The number of carbonyl (C=O) groups excluding carboxylic acids is 1. The van der Waals surface area contributed by atoms with Gasteiger partial charge in [-0.05, 0) is 44.4 Å². The van der Waals surface area contributed by atoms with Crippen LogP contribution in [0.2, 0.25) is 0 Å². The second-order valence-electron chi connectivity index (χ2n) is 6.77. The van der Waals surface area contributed by atoms with Gasteiger partial charge >= 0.3 is 0 Å². The van der Waals surface area contributed by atoms with E-state index in [2.05, 4.69) is 23.0 Å². The van der Waals surface area contributed by atoms with Crippen molar-refractivity contribution in [2.45, 2.75) is 52.3 Å². The van der Waals surface area contributed by atoms with Crippen molar-refractivity contribution in [2.24, 2.45) is 0 Å². The third-order valence-electron chi connectivity index (χ3n) is 4.96. The molecule has 4 rings (SSSR count). The summed E-state index contributed by atoms with van der Waals surface area (Å²) in [4.78, 5) is 17.3. The summed E-state index contributed by atoms with van der Waals surface area (Å²) < 4.78 is 7.54. The fourth-order valence-electron chi connectivity index (χ4n) is 3.75. The predicted octanol–water partition coefficient (Wildman–Crippen LogP) is 2.94. The lowest BCUT2D eigenvalue weighted by atomic mass is 10.2. The first kappa shape index (κ1) is 15.8. The fourth-order valence-corrected chi connectivity index (χ4v) is 4.85. The average Bonchev–Trinajstić information content (AvgIpc) is 3.26. The average molecular weight is 345 g/mol. The summed E-state index contributed by atoms with van der Waals surface area (Å²) in [6.45, 7) is 7.15. The maximum atomic E-state index is 13.0. The molecule has 1 fully saturated rings. The zero-order valence-electron chi connectivity index (χ0n) is 14.2. The summed E-state index contributed by atoms with van der Waals surface area (Å²) in [5.41, 5.74) is 3.40. The highest BCUT2D eigenvalue weighted by Crippen LogP contribution is 2.30. The zero-order chi connectivity index (χ0) is 16.7. The third-order valence-corrected chi connectivity index (χ3v) is 6.19. The quantitative estimate of drug-likeness (QED) is 0.859. The molecule has 0 bridgehead atoms. The Balaban J connectivity index is 1.52. The second kappa shape index (κ2) is 6.33. The number of thiophene rings is 1. The maximum absolute atomic E-state index is 13.0. The molecule has 6 heteroatoms. The molecule has 0 N–H and O–H groups in total. The van der Waals surface area contributed by atoms with E-state index < -0.39 is 0 Å². The Morgan fingerprint density at radius 3 is 3.04 bits per heavy atom. The van der Waals surface area contributed by atoms with E-state index in [4.69, 9.17) is 4.74 Å². The second-order valence-corrected chi connectivity index (χ2v) is 7.90. The molecule has 2 aliphatic rings. The largest absolute Gasteiger partial charge is 0.376 e. The number of aryl methyl sites for hydroxylation is 2. The van der Waals surface area contributed by atoms with Crippen LogP contribution >= 0.6 is 11.3 Å². The van der Waals surface area contributed by atoms with E-state index in [1.54, 1.807) is 11.3 Å². The SMILES string of the molecule is Cc1cc(C)n(C[C@@H]2CCCN2C(=O)c2cc3c(s2)CCOC3)n1. The van der Waals surface area contributed by atoms with Gasteiger partial charge in [0.05, 0.1) is 36.4 Å². The van der Waals surface area contributed by atoms with Crippen molar-refractivity contribution >= 4 is 17.2 Å². The number of rotatable bonds is 3. The van der Waals surface area contributed by atoms with E-state index in [-0.39, 0.29) is 11.9 Å². The summed E-state index contributed by atoms with van der Waals surface area (Å²) >= 11 is 1.65. The fraction of sp³-hybridized carbons (Fsp3) is 0.556. The van der Waals surface area contributed by atoms with Crippen LogP contribution in [0.5, 0.6) is 0 Å². The normalized spacial score (nSPS) is 20.4. The lowest BCUT2D eigenvalue weighted by Crippen LogP contribution is -2.38. The number of nitrogens with zero attached hydrogens (tertiary/aromatic N) is 3. The van der Waals surface area contributed by atoms with Crippen LogP contribution in [-0.2, 0) is 24.3 Å². The smallest absolute Gasteiger partial charge is 0.264 e. The molecule has 24 heavy (non-hydrogen) atoms. The van der Waals surface area contributed by atoms with Crippen molar-refractivity contribution in [3.05, 3.63) is 38.8 Å². The molecular weight excluding hydrogens is 322 g/mol. The maximum Gasteiger partial charge on any atom is 0.264 e. The van der Waals surface area contributed by atoms with Crippen LogP contribution in [-0.4, -0.2) is 39.8 Å². The standard InChI is InChI=1S/C18H23N3O2S/c1-12-8-13(2)21(19-12)10-15-4-3-6-20(15)18(22)17-9-14-11-23-7-5-16(14)24-17/h8-9,15H,3-7,10-11H2,1-2H3/t15-/m0/s1. The van der Waals surface area contributed by atoms with Crippen LogP contribution in [0.15, 0.2) is 12.1 Å². The summed E-state index contributed by atoms with van der Waals surface area (Å²) in [6.07, 6.45) is 3.06. The molecule has 0 radical (unpaired) electrons. The topological polar surface area (TPSA) is 47.4 Å². The molecular formula is C18H23N3O2S. The predicted molar refractivity (Wildman–Crippen MR) is 93.4 cm³/mol. The Hall–Kier alpha value is -1.66. The Bertz CT molecular complexity index is 741. The summed E-state index contributed by atoms with van der Waals surface area (Å²) in [5, 5.41) is 4.56. The van der Waals surface area contributed by atoms with Crippen molar-refractivity contribution in [2.75, 3.05) is 13.2 Å². The van der Waals surface area contributed by atoms with Crippen LogP contribution < -0.4 is 0 Å². The van der Waals surface area contributed by atoms with E-state index in [0.717, 1.165) is 55.2 Å². The molecule has 0 unspecified atom stereocenters. The van der Waals surface area contributed by atoms with Crippen molar-refractivity contribution in [3.63, 3.8) is 0 Å². The number of aromatic nitrogens is 2. The lowest BCUT2D eigenvalue weighted by Gasteiger charge is -2.24. The first-order chi connectivity index (χ1) is 11.6. The van der Waals surface area contributed by atoms with Crippen LogP contribution in [0.4, 0.5) is 0 Å². The molecule has 0 spiro atoms. The number of amides is 1. The van der Waals surface area contributed by atoms with Crippen LogP contribution in [0, 0.1) is 13.8 Å². The van der Waals surface area contributed by atoms with Gasteiger partial charge in [0.15, 0.2) is 0 Å². The van der Waals surface area contributed by atoms with Gasteiger partial charge in [-0.15, -0.1) is 11.3 Å². The molecule has 4 heterocycles. The third kappa shape index (κ3) is 2.89. The van der Waals surface area contributed by atoms with Gasteiger partial charge in [0.1, 0.15) is 0 Å². The molecule has 0 saturated carbocycles. The number of fused-ring (bicyclic) bond motifs is 1. The van der Waals surface area contributed by atoms with E-state index in [0.29, 0.717) is 6.61 Å². The van der Waals surface area contributed by atoms with Crippen molar-refractivity contribution in [1.82, 2.24) is 14.7 Å². The summed E-state index contributed by atoms with van der Waals surface area (Å²) in [6, 6.07) is 4.38. The Kier molecular flexibility index (Phi) is 4.18. The molecule has 0 aromatic carbocycles. The van der Waals surface area contributed by atoms with E-state index >= 15 is 0 Å². The Morgan fingerprint density at radius 2 is 2.29 bits per heavy atom. The lowest BCUT2D eigenvalue weighted by molar-refractivity contribution is 0.0725. The van der Waals surface area contributed by atoms with Gasteiger partial charge in [0.2, 0.25) is 0 Å². The number of ether oxygens (including phenoxy) is 1. The van der Waals surface area contributed by atoms with E-state index in [9.17, 15) is 4.79 Å². The highest BCUT2D eigenvalue weighted by Gasteiger charge is 2.31. The van der Waals surface area contributed by atoms with Crippen molar-refractivity contribution < 1.29 is 9.53 Å². The van der Waals surface area contributed by atoms with Gasteiger partial charge in [-0.1, -0.05) is 0 Å². The van der Waals surface area contributed by atoms with Gasteiger partial charge in [0, 0.05) is 23.5 Å². The highest BCUT2D eigenvalue weighted by molar-refractivity contribution is 7.14. The van der Waals surface area contributed by atoms with Gasteiger partial charge in [0.25, 0.3) is 5.91 Å². The van der Waals surface area contributed by atoms with E-state index in [1.165, 1.54) is 10.4 Å². The number of hydrogen-bond acceptors (Lipinski definition) is 4. The number of hydrogen-bond donors (Lipinski definition) is 0. The molecule has 0 aliphatic carbocycles. The zero-order valence-corrected chi connectivity index (χ0v) is 15.1. The van der Waals surface area contributed by atoms with Gasteiger partial charge in [-0.2, -0.15) is 5.10 Å². The van der Waals surface area contributed by atoms with Gasteiger partial charge in [-0.3, -0.25) is 9.48 Å². The molecule has 128 valence electrons. The monoisotopic (exact) mass is 345 g/mol. The van der Waals surface area contributed by atoms with E-state index in [1.807, 2.05) is 17.7 Å². The molecule has 2 aromatic heterocycles. The molecule has 1 saturated heterocycles. The number of carbonyl (C=O) groups is 1. The van der Waals surface area contributed by atoms with Gasteiger partial charge < -0.3 is 9.64 Å². The van der Waals surface area contributed by atoms with Gasteiger partial charge in [-0.25, -0.2) is 0 Å². The van der Waals surface area contributed by atoms with Crippen LogP contribution in [0.1, 0.15) is 44.3 Å². The molecule has 2 aromatic rings. The molecule has 1 amide bonds. The highest BCUT2D eigenvalue weighted by atomic mass is 32.1. The Morgan fingerprint density at radius 1 is 1.42 bits per heavy atom. The van der Waals surface area contributed by atoms with Crippen molar-refractivity contribution in [3.8, 4) is 0 Å². The number of likely N-dealkylation sites (tertiary alicyclic amines) is 1. The van der Waals surface area contributed by atoms with Crippen LogP contribution in [0.25, 0.3) is 0 Å². The first-order valence-electron chi connectivity index (χ1n) is 8.63.